The molecule has 6 aromatic rings. The molecule has 0 N–H and O–H groups in total. The zero-order chi connectivity index (χ0) is 37.0. The minimum Gasteiger partial charge on any atom is -0.378 e. The molecule has 8 rings (SSSR count). The van der Waals surface area contributed by atoms with Crippen molar-refractivity contribution in [2.45, 2.75) is 24.9 Å². The number of nitrogens with zero attached hydrogens (tertiary/aromatic N) is 4. The van der Waals surface area contributed by atoms with Crippen LogP contribution in [0, 0.1) is 0 Å². The average Bonchev–Trinajstić information content (AvgIpc) is 3.26. The van der Waals surface area contributed by atoms with Gasteiger partial charge in [0.15, 0.2) is 0 Å². The van der Waals surface area contributed by atoms with E-state index in [1.54, 1.807) is 0 Å². The van der Waals surface area contributed by atoms with Gasteiger partial charge in [0.05, 0.1) is 26.4 Å². The van der Waals surface area contributed by atoms with Gasteiger partial charge in [-0.2, -0.15) is 0 Å². The monoisotopic (exact) mass is 748 g/mol. The third kappa shape index (κ3) is 9.43. The molecule has 2 aromatic heterocycles. The molecule has 54 heavy (non-hydrogen) atoms. The van der Waals surface area contributed by atoms with Gasteiger partial charge in [0.25, 0.3) is 0 Å². The van der Waals surface area contributed by atoms with E-state index in [9.17, 15) is 0 Å². The van der Waals surface area contributed by atoms with Crippen molar-refractivity contribution in [3.05, 3.63) is 169 Å². The highest BCUT2D eigenvalue weighted by Gasteiger charge is 2.26. The Balaban J connectivity index is 0.000000167. The Labute approximate surface area is 324 Å². The number of ether oxygens (including phenoxy) is 2. The van der Waals surface area contributed by atoms with Crippen LogP contribution in [0.15, 0.2) is 158 Å². The number of morpholine rings is 2. The van der Waals surface area contributed by atoms with E-state index in [1.165, 1.54) is 31.9 Å². The molecule has 0 spiro atoms. The summed E-state index contributed by atoms with van der Waals surface area (Å²) < 4.78 is 10.9. The van der Waals surface area contributed by atoms with E-state index in [-0.39, 0.29) is 0 Å². The molecule has 2 atom stereocenters. The Kier molecular flexibility index (Phi) is 13.1. The predicted molar refractivity (Wildman–Crippen MR) is 230 cm³/mol. The molecule has 0 bridgehead atoms. The fourth-order valence-corrected chi connectivity index (χ4v) is 14.6. The molecule has 0 amide bonds. The van der Waals surface area contributed by atoms with Crippen LogP contribution in [0.4, 0.5) is 11.6 Å². The Morgan fingerprint density at radius 3 is 0.981 bits per heavy atom. The fourth-order valence-electron chi connectivity index (χ4n) is 7.86. The summed E-state index contributed by atoms with van der Waals surface area (Å²) in [5.74, 6) is 2.12. The normalized spacial score (nSPS) is 15.7. The topological polar surface area (TPSA) is 50.7 Å². The molecule has 0 saturated carbocycles. The van der Waals surface area contributed by atoms with Crippen LogP contribution < -0.4 is 30.5 Å². The molecule has 0 aliphatic carbocycles. The van der Waals surface area contributed by atoms with Crippen LogP contribution in [-0.4, -0.2) is 80.2 Å². The first kappa shape index (κ1) is 37.4. The Morgan fingerprint density at radius 1 is 0.426 bits per heavy atom. The third-order valence-electron chi connectivity index (χ3n) is 10.9. The van der Waals surface area contributed by atoms with Gasteiger partial charge in [-0.15, -0.1) is 0 Å². The smallest absolute Gasteiger partial charge is 0.128 e. The number of anilines is 2. The van der Waals surface area contributed by atoms with Crippen molar-refractivity contribution < 1.29 is 9.47 Å². The van der Waals surface area contributed by atoms with Crippen LogP contribution in [0.25, 0.3) is 0 Å². The minimum absolute atomic E-state index is 0.473. The van der Waals surface area contributed by atoms with Crippen molar-refractivity contribution in [2.75, 3.05) is 62.4 Å². The second kappa shape index (κ2) is 18.9. The number of hydrogen-bond donors (Lipinski definition) is 0. The molecule has 2 fully saturated rings. The first-order chi connectivity index (χ1) is 26.7. The first-order valence-corrected chi connectivity index (χ1v) is 23.1. The Morgan fingerprint density at radius 2 is 0.722 bits per heavy atom. The van der Waals surface area contributed by atoms with Gasteiger partial charge in [-0.3, -0.25) is 0 Å². The SMILES string of the molecule is C[C@@H](c1ccc(N2CCOCC2)nc1)[SiH](c1ccccc1)c1ccccc1.C[C@@H](c1ccc(N2CCOCC2)nc1)[SiH](c1ccccc1)c1ccccc1. The van der Waals surface area contributed by atoms with Crippen LogP contribution in [0.3, 0.4) is 0 Å². The van der Waals surface area contributed by atoms with Crippen molar-refractivity contribution in [2.24, 2.45) is 0 Å². The highest BCUT2D eigenvalue weighted by atomic mass is 28.3. The number of hydrogen-bond acceptors (Lipinski definition) is 6. The van der Waals surface area contributed by atoms with Crippen LogP contribution in [0.2, 0.25) is 0 Å². The molecule has 2 aliphatic rings. The summed E-state index contributed by atoms with van der Waals surface area (Å²) in [6, 6.07) is 52.9. The largest absolute Gasteiger partial charge is 0.378 e. The molecule has 0 radical (unpaired) electrons. The van der Waals surface area contributed by atoms with E-state index >= 15 is 0 Å². The van der Waals surface area contributed by atoms with Crippen LogP contribution in [0.1, 0.15) is 36.1 Å². The van der Waals surface area contributed by atoms with Crippen LogP contribution in [-0.2, 0) is 9.47 Å². The summed E-state index contributed by atoms with van der Waals surface area (Å²) in [4.78, 5) is 14.2. The van der Waals surface area contributed by atoms with Gasteiger partial charge in [-0.05, 0) is 34.3 Å². The Hall–Kier alpha value is -4.87. The van der Waals surface area contributed by atoms with E-state index < -0.39 is 17.6 Å². The van der Waals surface area contributed by atoms with E-state index in [4.69, 9.17) is 19.4 Å². The molecule has 276 valence electrons. The average molecular weight is 749 g/mol. The van der Waals surface area contributed by atoms with Gasteiger partial charge < -0.3 is 19.3 Å². The van der Waals surface area contributed by atoms with Gasteiger partial charge >= 0.3 is 0 Å². The van der Waals surface area contributed by atoms with Gasteiger partial charge in [0.2, 0.25) is 0 Å². The molecular formula is C46H52N4O2Si2. The molecule has 8 heteroatoms. The van der Waals surface area contributed by atoms with Gasteiger partial charge in [-0.25, -0.2) is 9.97 Å². The second-order valence-electron chi connectivity index (χ2n) is 14.3. The van der Waals surface area contributed by atoms with Crippen LogP contribution >= 0.6 is 0 Å². The van der Waals surface area contributed by atoms with E-state index in [2.05, 4.69) is 182 Å². The summed E-state index contributed by atoms with van der Waals surface area (Å²) in [6.07, 6.45) is 4.17. The van der Waals surface area contributed by atoms with Crippen LogP contribution in [0.5, 0.6) is 0 Å². The molecule has 2 saturated heterocycles. The molecule has 2 aliphatic heterocycles. The summed E-state index contributed by atoms with van der Waals surface area (Å²) in [5, 5.41) is 5.92. The lowest BCUT2D eigenvalue weighted by molar-refractivity contribution is 0.122. The minimum atomic E-state index is -1.39. The van der Waals surface area contributed by atoms with E-state index in [1.807, 2.05) is 0 Å². The van der Waals surface area contributed by atoms with Crippen molar-refractivity contribution >= 4 is 50.0 Å². The van der Waals surface area contributed by atoms with Crippen molar-refractivity contribution in [3.8, 4) is 0 Å². The molecule has 6 nitrogen and oxygen atoms in total. The maximum absolute atomic E-state index is 5.45. The molecule has 4 heterocycles. The van der Waals surface area contributed by atoms with E-state index in [0.29, 0.717) is 11.1 Å². The summed E-state index contributed by atoms with van der Waals surface area (Å²) in [7, 11) is -2.79. The van der Waals surface area contributed by atoms with Crippen molar-refractivity contribution in [3.63, 3.8) is 0 Å². The fraction of sp³-hybridized carbons (Fsp3) is 0.261. The first-order valence-electron chi connectivity index (χ1n) is 19.4. The predicted octanol–water partition coefficient (Wildman–Crippen LogP) is 5.20. The molecule has 0 unspecified atom stereocenters. The highest BCUT2D eigenvalue weighted by Crippen LogP contribution is 2.23. The van der Waals surface area contributed by atoms with Crippen molar-refractivity contribution in [1.82, 2.24) is 9.97 Å². The maximum Gasteiger partial charge on any atom is 0.128 e. The molecule has 4 aromatic carbocycles. The zero-order valence-electron chi connectivity index (χ0n) is 31.6. The summed E-state index contributed by atoms with van der Waals surface area (Å²) in [5.41, 5.74) is 3.61. The summed E-state index contributed by atoms with van der Waals surface area (Å²) >= 11 is 0. The maximum atomic E-state index is 5.45. The number of rotatable bonds is 10. The van der Waals surface area contributed by atoms with Crippen molar-refractivity contribution in [1.29, 1.82) is 0 Å². The lowest BCUT2D eigenvalue weighted by Crippen LogP contribution is -2.46. The lowest BCUT2D eigenvalue weighted by atomic mass is 10.2. The standard InChI is InChI=1S/2C23H26N2OSi/c2*1-19(20-12-13-23(24-18-20)25-14-16-26-17-15-25)27(21-8-4-2-5-9-21)22-10-6-3-7-11-22/h2*2-13,18-19,27H,14-17H2,1H3/t2*19-/m00/s1. The van der Waals surface area contributed by atoms with Gasteiger partial charge in [0, 0.05) is 38.6 Å². The molecular weight excluding hydrogens is 697 g/mol. The van der Waals surface area contributed by atoms with Gasteiger partial charge in [-0.1, -0.05) is 168 Å². The number of aromatic nitrogens is 2. The second-order valence-corrected chi connectivity index (χ2v) is 20.9. The number of benzene rings is 4. The zero-order valence-corrected chi connectivity index (χ0v) is 33.9. The summed E-state index contributed by atoms with van der Waals surface area (Å²) in [6.45, 7) is 11.6. The Bertz CT molecular complexity index is 1730. The highest BCUT2D eigenvalue weighted by molar-refractivity contribution is 6.86. The lowest BCUT2D eigenvalue weighted by Gasteiger charge is -2.28. The quantitative estimate of drug-likeness (QED) is 0.180. The van der Waals surface area contributed by atoms with E-state index in [0.717, 1.165) is 64.2 Å². The number of pyridine rings is 2. The third-order valence-corrected chi connectivity index (χ3v) is 18.1. The van der Waals surface area contributed by atoms with Gasteiger partial charge in [0.1, 0.15) is 29.2 Å².